The summed E-state index contributed by atoms with van der Waals surface area (Å²) in [5.74, 6) is -9.00. The molecule has 6 atom stereocenters. The molecule has 2 saturated carbocycles. The quantitative estimate of drug-likeness (QED) is 0.523. The Kier molecular flexibility index (Phi) is 5.07. The Hall–Kier alpha value is -3.68. The second kappa shape index (κ2) is 7.43. The van der Waals surface area contributed by atoms with Crippen LogP contribution in [0.3, 0.4) is 0 Å². The van der Waals surface area contributed by atoms with Crippen molar-refractivity contribution in [3.63, 3.8) is 0 Å². The van der Waals surface area contributed by atoms with E-state index >= 15 is 0 Å². The van der Waals surface area contributed by atoms with Crippen LogP contribution < -0.4 is 0 Å². The Morgan fingerprint density at radius 2 is 1.21 bits per heavy atom. The predicted octanol–water partition coefficient (Wildman–Crippen LogP) is 2.86. The highest BCUT2D eigenvalue weighted by atomic mass is 16.4. The van der Waals surface area contributed by atoms with Gasteiger partial charge in [-0.2, -0.15) is 0 Å². The van der Waals surface area contributed by atoms with E-state index in [1.807, 2.05) is 0 Å². The van der Waals surface area contributed by atoms with Gasteiger partial charge in [-0.15, -0.1) is 0 Å². The predicted molar refractivity (Wildman–Crippen MR) is 115 cm³/mol. The van der Waals surface area contributed by atoms with Gasteiger partial charge in [0.2, 0.25) is 0 Å². The summed E-state index contributed by atoms with van der Waals surface area (Å²) in [4.78, 5) is 50.4. The van der Waals surface area contributed by atoms with Crippen molar-refractivity contribution in [3.05, 3.63) is 71.8 Å². The van der Waals surface area contributed by atoms with Gasteiger partial charge in [-0.3, -0.25) is 19.2 Å². The zero-order valence-electron chi connectivity index (χ0n) is 17.8. The average Bonchev–Trinajstić information content (AvgIpc) is 2.76. The zero-order chi connectivity index (χ0) is 24.2. The van der Waals surface area contributed by atoms with E-state index in [1.165, 1.54) is 0 Å². The second-order valence-corrected chi connectivity index (χ2v) is 9.20. The summed E-state index contributed by atoms with van der Waals surface area (Å²) in [6.45, 7) is 1.59. The lowest BCUT2D eigenvalue weighted by atomic mass is 9.25. The minimum atomic E-state index is -2.02. The summed E-state index contributed by atoms with van der Waals surface area (Å²) in [5.41, 5.74) is -4.84. The van der Waals surface area contributed by atoms with Crippen molar-refractivity contribution >= 4 is 23.9 Å². The maximum Gasteiger partial charge on any atom is 0.316 e. The molecule has 2 fully saturated rings. The van der Waals surface area contributed by atoms with Crippen LogP contribution in [0.1, 0.15) is 30.9 Å². The van der Waals surface area contributed by atoms with E-state index < -0.39 is 57.9 Å². The van der Waals surface area contributed by atoms with Crippen LogP contribution in [0, 0.1) is 23.2 Å². The second-order valence-electron chi connectivity index (χ2n) is 9.20. The summed E-state index contributed by atoms with van der Waals surface area (Å²) in [6, 6.07) is 16.0. The monoisotopic (exact) mass is 452 g/mol. The smallest absolute Gasteiger partial charge is 0.316 e. The van der Waals surface area contributed by atoms with E-state index in [9.17, 15) is 39.6 Å². The summed E-state index contributed by atoms with van der Waals surface area (Å²) < 4.78 is 0. The van der Waals surface area contributed by atoms with Gasteiger partial charge >= 0.3 is 23.9 Å². The van der Waals surface area contributed by atoms with Crippen LogP contribution in [-0.4, -0.2) is 44.3 Å². The van der Waals surface area contributed by atoms with Gasteiger partial charge in [0.15, 0.2) is 0 Å². The number of hydrogen-bond acceptors (Lipinski definition) is 4. The van der Waals surface area contributed by atoms with Crippen LogP contribution in [0.25, 0.3) is 0 Å². The highest BCUT2D eigenvalue weighted by Crippen LogP contribution is 2.77. The van der Waals surface area contributed by atoms with Crippen LogP contribution in [0.15, 0.2) is 60.7 Å². The van der Waals surface area contributed by atoms with Gasteiger partial charge in [-0.1, -0.05) is 67.6 Å². The fraction of sp³-hybridized carbons (Fsp3) is 0.360. The van der Waals surface area contributed by atoms with Crippen molar-refractivity contribution in [3.8, 4) is 0 Å². The average molecular weight is 452 g/mol. The molecule has 4 N–H and O–H groups in total. The third kappa shape index (κ3) is 2.57. The molecule has 0 spiro atoms. The van der Waals surface area contributed by atoms with Gasteiger partial charge in [0.25, 0.3) is 0 Å². The molecule has 2 aliphatic carbocycles. The molecule has 8 heteroatoms. The normalized spacial score (nSPS) is 35.0. The molecule has 2 aromatic carbocycles. The molecule has 0 aromatic heterocycles. The molecule has 6 unspecified atom stereocenters. The first-order valence-corrected chi connectivity index (χ1v) is 10.6. The lowest BCUT2D eigenvalue weighted by Crippen LogP contribution is -2.83. The molecule has 33 heavy (non-hydrogen) atoms. The van der Waals surface area contributed by atoms with E-state index in [-0.39, 0.29) is 24.0 Å². The van der Waals surface area contributed by atoms with Crippen molar-refractivity contribution in [1.82, 2.24) is 0 Å². The third-order valence-corrected chi connectivity index (χ3v) is 8.09. The number of benzene rings is 2. The van der Waals surface area contributed by atoms with E-state index in [0.29, 0.717) is 0 Å². The molecule has 0 amide bonds. The van der Waals surface area contributed by atoms with Gasteiger partial charge in [0, 0.05) is 0 Å². The lowest BCUT2D eigenvalue weighted by molar-refractivity contribution is -0.234. The van der Waals surface area contributed by atoms with E-state index in [1.54, 1.807) is 67.6 Å². The third-order valence-electron chi connectivity index (χ3n) is 8.09. The first-order valence-electron chi connectivity index (χ1n) is 10.6. The molecule has 0 radical (unpaired) electrons. The number of fused-ring (bicyclic) bond motifs is 1. The van der Waals surface area contributed by atoms with E-state index in [2.05, 4.69) is 0 Å². The number of carbonyl (C=O) groups is 4. The first-order chi connectivity index (χ1) is 15.6. The van der Waals surface area contributed by atoms with Gasteiger partial charge in [0.05, 0.1) is 11.8 Å². The Bertz CT molecular complexity index is 1130. The first kappa shape index (κ1) is 22.5. The summed E-state index contributed by atoms with van der Waals surface area (Å²) in [6.07, 6.45) is -0.529. The summed E-state index contributed by atoms with van der Waals surface area (Å²) in [7, 11) is 0. The topological polar surface area (TPSA) is 149 Å². The van der Waals surface area contributed by atoms with Crippen molar-refractivity contribution in [2.75, 3.05) is 0 Å². The van der Waals surface area contributed by atoms with Gasteiger partial charge in [0.1, 0.15) is 10.8 Å². The molecule has 0 heterocycles. The van der Waals surface area contributed by atoms with Crippen LogP contribution in [0.2, 0.25) is 0 Å². The highest BCUT2D eigenvalue weighted by Gasteiger charge is 2.86. The fourth-order valence-corrected chi connectivity index (χ4v) is 6.99. The molecular weight excluding hydrogens is 428 g/mol. The van der Waals surface area contributed by atoms with E-state index in [0.717, 1.165) is 0 Å². The summed E-state index contributed by atoms with van der Waals surface area (Å²) in [5, 5.41) is 41.1. The number of rotatable bonds is 6. The highest BCUT2D eigenvalue weighted by molar-refractivity contribution is 6.01. The van der Waals surface area contributed by atoms with Crippen LogP contribution >= 0.6 is 0 Å². The number of hydrogen-bond donors (Lipinski definition) is 4. The van der Waals surface area contributed by atoms with Crippen LogP contribution in [-0.2, 0) is 30.0 Å². The van der Waals surface area contributed by atoms with Gasteiger partial charge in [-0.05, 0) is 35.3 Å². The van der Waals surface area contributed by atoms with Gasteiger partial charge < -0.3 is 20.4 Å². The maximum atomic E-state index is 13.2. The SMILES string of the molecule is CC12CC(C(=O)O)C(C(=O)O)CC1C(C(=O)O)(c1ccccc1)C2(C(=O)O)c1ccccc1. The molecule has 0 saturated heterocycles. The van der Waals surface area contributed by atoms with Crippen LogP contribution in [0.4, 0.5) is 0 Å². The fourth-order valence-electron chi connectivity index (χ4n) is 6.99. The molecule has 8 nitrogen and oxygen atoms in total. The Morgan fingerprint density at radius 3 is 1.64 bits per heavy atom. The molecule has 0 aliphatic heterocycles. The standard InChI is InChI=1S/C25H24O8/c1-23-13-17(20(28)29)16(19(26)27)12-18(23)24(21(30)31,14-8-4-2-5-9-14)25(23,22(32)33)15-10-6-3-7-11-15/h2-11,16-18H,12-13H2,1H3,(H,26,27)(H,28,29)(H,30,31)(H,32,33). The Balaban J connectivity index is 2.10. The van der Waals surface area contributed by atoms with Crippen molar-refractivity contribution in [2.24, 2.45) is 23.2 Å². The molecular formula is C25H24O8. The number of aliphatic carboxylic acids is 4. The minimum absolute atomic E-state index is 0.250. The van der Waals surface area contributed by atoms with Crippen molar-refractivity contribution in [2.45, 2.75) is 30.6 Å². The Labute approximate surface area is 189 Å². The van der Waals surface area contributed by atoms with Crippen molar-refractivity contribution in [1.29, 1.82) is 0 Å². The maximum absolute atomic E-state index is 13.2. The van der Waals surface area contributed by atoms with E-state index in [4.69, 9.17) is 0 Å². The number of carboxylic acid groups (broad SMARTS) is 4. The molecule has 172 valence electrons. The molecule has 0 bridgehead atoms. The Morgan fingerprint density at radius 1 is 0.727 bits per heavy atom. The van der Waals surface area contributed by atoms with Crippen LogP contribution in [0.5, 0.6) is 0 Å². The molecule has 2 aliphatic rings. The minimum Gasteiger partial charge on any atom is -0.481 e. The number of carboxylic acids is 4. The molecule has 4 rings (SSSR count). The molecule has 2 aromatic rings. The zero-order valence-corrected chi connectivity index (χ0v) is 17.8. The summed E-state index contributed by atoms with van der Waals surface area (Å²) >= 11 is 0. The largest absolute Gasteiger partial charge is 0.481 e. The lowest BCUT2D eigenvalue weighted by Gasteiger charge is -2.74. The van der Waals surface area contributed by atoms with Crippen molar-refractivity contribution < 1.29 is 39.6 Å². The van der Waals surface area contributed by atoms with Gasteiger partial charge in [-0.25, -0.2) is 0 Å².